The van der Waals surface area contributed by atoms with E-state index in [4.69, 9.17) is 21.1 Å². The second kappa shape index (κ2) is 11.9. The maximum absolute atomic E-state index is 13.0. The number of alkyl halides is 3. The van der Waals surface area contributed by atoms with Crippen LogP contribution in [-0.2, 0) is 13.0 Å². The van der Waals surface area contributed by atoms with Crippen LogP contribution < -0.4 is 19.7 Å². The lowest BCUT2D eigenvalue weighted by atomic mass is 10.1. The molecule has 4 aromatic rings. The highest BCUT2D eigenvalue weighted by atomic mass is 35.5. The first-order valence-corrected chi connectivity index (χ1v) is 14.0. The van der Waals surface area contributed by atoms with Crippen LogP contribution >= 0.6 is 22.9 Å². The average molecular weight is 609 g/mol. The summed E-state index contributed by atoms with van der Waals surface area (Å²) in [7, 11) is 4.71. The first kappa shape index (κ1) is 29.2. The summed E-state index contributed by atoms with van der Waals surface area (Å²) < 4.78 is 49.5. The van der Waals surface area contributed by atoms with Crippen LogP contribution in [-0.4, -0.2) is 70.9 Å². The number of hydrogen-bond acceptors (Lipinski definition) is 10. The van der Waals surface area contributed by atoms with Gasteiger partial charge in [0, 0.05) is 36.1 Å². The number of likely N-dealkylation sites (N-methyl/N-ethyl adjacent to an activating group) is 1. The Kier molecular flexibility index (Phi) is 8.50. The van der Waals surface area contributed by atoms with E-state index in [-0.39, 0.29) is 28.1 Å². The van der Waals surface area contributed by atoms with Gasteiger partial charge >= 0.3 is 12.2 Å². The normalized spacial score (nSPS) is 19.1. The smallest absolute Gasteiger partial charge is 0.393 e. The quantitative estimate of drug-likeness (QED) is 0.270. The van der Waals surface area contributed by atoms with Crippen molar-refractivity contribution in [3.05, 3.63) is 52.0 Å². The summed E-state index contributed by atoms with van der Waals surface area (Å²) in [5.74, 6) is 0.877. The largest absolute Gasteiger partial charge is 0.493 e. The third kappa shape index (κ3) is 6.64. The summed E-state index contributed by atoms with van der Waals surface area (Å²) in [6.07, 6.45) is -4.91. The van der Waals surface area contributed by atoms with Gasteiger partial charge in [-0.05, 0) is 24.5 Å². The Morgan fingerprint density at radius 2 is 1.85 bits per heavy atom. The van der Waals surface area contributed by atoms with Gasteiger partial charge in [-0.1, -0.05) is 35.9 Å². The third-order valence-electron chi connectivity index (χ3n) is 7.07. The minimum Gasteiger partial charge on any atom is -0.493 e. The number of aromatic nitrogens is 4. The fourth-order valence-corrected chi connectivity index (χ4v) is 6.23. The summed E-state index contributed by atoms with van der Waals surface area (Å²) in [5, 5.41) is 23.2. The summed E-state index contributed by atoms with van der Waals surface area (Å²) in [6.45, 7) is 0.584. The van der Waals surface area contributed by atoms with Crippen molar-refractivity contribution in [2.75, 3.05) is 26.2 Å². The zero-order valence-corrected chi connectivity index (χ0v) is 24.0. The number of rotatable bonds is 9. The van der Waals surface area contributed by atoms with Crippen LogP contribution in [0.4, 0.5) is 19.0 Å². The predicted octanol–water partition coefficient (Wildman–Crippen LogP) is 5.04. The Hall–Kier alpha value is -3.26. The molecule has 1 aliphatic rings. The van der Waals surface area contributed by atoms with Crippen molar-refractivity contribution >= 4 is 39.0 Å². The first-order chi connectivity index (χ1) is 19.5. The van der Waals surface area contributed by atoms with Crippen molar-refractivity contribution in [2.24, 2.45) is 0 Å². The van der Waals surface area contributed by atoms with Gasteiger partial charge in [0.25, 0.3) is 0 Å². The fraction of sp³-hybridized carbons (Fsp3) is 0.407. The molecule has 0 amide bonds. The number of methoxy groups -OCH3 is 2. The molecular formula is C27H28ClF3N6O3S. The predicted molar refractivity (Wildman–Crippen MR) is 151 cm³/mol. The van der Waals surface area contributed by atoms with Gasteiger partial charge in [0.05, 0.1) is 43.9 Å². The van der Waals surface area contributed by atoms with Gasteiger partial charge in [0.1, 0.15) is 10.6 Å². The molecule has 0 radical (unpaired) electrons. The fourth-order valence-electron chi connectivity index (χ4n) is 5.01. The zero-order valence-electron chi connectivity index (χ0n) is 22.4. The van der Waals surface area contributed by atoms with Gasteiger partial charge in [0.15, 0.2) is 10.9 Å². The van der Waals surface area contributed by atoms with Crippen LogP contribution in [0, 0.1) is 0 Å². The molecule has 0 unspecified atom stereocenters. The molecule has 0 aliphatic heterocycles. The number of fused-ring (bicyclic) bond motifs is 1. The number of thiophene rings is 1. The highest BCUT2D eigenvalue weighted by Crippen LogP contribution is 2.37. The summed E-state index contributed by atoms with van der Waals surface area (Å²) >= 11 is 6.94. The number of nitrogens with zero attached hydrogens (tertiary/aromatic N) is 5. The molecule has 0 saturated heterocycles. The second-order valence-electron chi connectivity index (χ2n) is 9.84. The van der Waals surface area contributed by atoms with Gasteiger partial charge in [-0.15, -0.1) is 21.5 Å². The van der Waals surface area contributed by atoms with Crippen LogP contribution in [0.3, 0.4) is 0 Å². The molecule has 0 bridgehead atoms. The van der Waals surface area contributed by atoms with Crippen molar-refractivity contribution in [3.63, 3.8) is 0 Å². The van der Waals surface area contributed by atoms with E-state index in [9.17, 15) is 18.3 Å². The van der Waals surface area contributed by atoms with Crippen LogP contribution in [0.2, 0.25) is 5.15 Å². The zero-order chi connectivity index (χ0) is 29.3. The molecule has 2 N–H and O–H groups in total. The number of nitrogens with one attached hydrogen (secondary N) is 1. The monoisotopic (exact) mass is 608 g/mol. The van der Waals surface area contributed by atoms with Gasteiger partial charge in [0.2, 0.25) is 0 Å². The van der Waals surface area contributed by atoms with E-state index in [0.717, 1.165) is 22.5 Å². The minimum absolute atomic E-state index is 0.0195. The van der Waals surface area contributed by atoms with Crippen molar-refractivity contribution in [1.82, 2.24) is 25.5 Å². The number of anilines is 1. The van der Waals surface area contributed by atoms with Crippen LogP contribution in [0.15, 0.2) is 36.4 Å². The van der Waals surface area contributed by atoms with Crippen molar-refractivity contribution in [2.45, 2.75) is 50.2 Å². The van der Waals surface area contributed by atoms with E-state index in [1.807, 2.05) is 29.2 Å². The van der Waals surface area contributed by atoms with Crippen LogP contribution in [0.1, 0.15) is 23.3 Å². The Bertz CT molecular complexity index is 1520. The van der Waals surface area contributed by atoms with Crippen molar-refractivity contribution in [1.29, 1.82) is 0 Å². The van der Waals surface area contributed by atoms with Gasteiger partial charge < -0.3 is 24.8 Å². The van der Waals surface area contributed by atoms with E-state index in [1.165, 1.54) is 20.3 Å². The van der Waals surface area contributed by atoms with Gasteiger partial charge in [-0.25, -0.2) is 0 Å². The lowest BCUT2D eigenvalue weighted by molar-refractivity contribution is -0.126. The standard InChI is InChI=1S/C27H28ClF3N6O3S/c1-37(24-18-10-17(12-27(29,30)31)41-25(18)34-26(33-24)40-3)20-8-16(9-21(20)38)32-13-14-4-6-15(7-5-14)19-11-22(39-2)23(28)36-35-19/h4-7,10-11,16,20-21,32,38H,8-9,12-13H2,1-3H3/t16-,20+,21-/m1/s1. The molecule has 3 aromatic heterocycles. The Balaban J connectivity index is 1.26. The average Bonchev–Trinajstić information content (AvgIpc) is 3.52. The van der Waals surface area contributed by atoms with Crippen molar-refractivity contribution < 1.29 is 27.8 Å². The van der Waals surface area contributed by atoms with Crippen LogP contribution in [0.25, 0.3) is 21.5 Å². The molecule has 3 heterocycles. The molecule has 9 nitrogen and oxygen atoms in total. The number of halogens is 4. The SMILES string of the molecule is COc1nc(N(C)[C@H]2C[C@@H](NCc3ccc(-c4cc(OC)c(Cl)nn4)cc3)C[C@H]2O)c2cc(CC(F)(F)F)sc2n1. The topological polar surface area (TPSA) is 106 Å². The maximum atomic E-state index is 13.0. The molecule has 1 saturated carbocycles. The van der Waals surface area contributed by atoms with E-state index in [2.05, 4.69) is 25.5 Å². The minimum atomic E-state index is -4.33. The van der Waals surface area contributed by atoms with E-state index >= 15 is 0 Å². The molecule has 41 heavy (non-hydrogen) atoms. The molecule has 14 heteroatoms. The molecule has 5 rings (SSSR count). The van der Waals surface area contributed by atoms with Crippen LogP contribution in [0.5, 0.6) is 11.8 Å². The number of hydrogen-bond donors (Lipinski definition) is 2. The highest BCUT2D eigenvalue weighted by molar-refractivity contribution is 7.18. The number of aliphatic hydroxyl groups excluding tert-OH is 1. The molecule has 3 atom stereocenters. The van der Waals surface area contributed by atoms with E-state index in [0.29, 0.717) is 46.9 Å². The number of benzene rings is 1. The summed E-state index contributed by atoms with van der Waals surface area (Å²) in [4.78, 5) is 11.1. The first-order valence-electron chi connectivity index (χ1n) is 12.8. The third-order valence-corrected chi connectivity index (χ3v) is 8.36. The van der Waals surface area contributed by atoms with Gasteiger partial charge in [-0.3, -0.25) is 0 Å². The Morgan fingerprint density at radius 1 is 1.10 bits per heavy atom. The Morgan fingerprint density at radius 3 is 2.54 bits per heavy atom. The molecule has 1 fully saturated rings. The summed E-state index contributed by atoms with van der Waals surface area (Å²) in [5.41, 5.74) is 2.56. The second-order valence-corrected chi connectivity index (χ2v) is 11.3. The molecule has 1 aliphatic carbocycles. The lowest BCUT2D eigenvalue weighted by Crippen LogP contribution is -2.38. The molecular weight excluding hydrogens is 581 g/mol. The van der Waals surface area contributed by atoms with Crippen molar-refractivity contribution in [3.8, 4) is 23.0 Å². The van der Waals surface area contributed by atoms with Gasteiger partial charge in [-0.2, -0.15) is 23.1 Å². The number of ether oxygens (including phenoxy) is 2. The number of aliphatic hydroxyl groups is 1. The van der Waals surface area contributed by atoms with E-state index in [1.54, 1.807) is 13.1 Å². The van der Waals surface area contributed by atoms with E-state index < -0.39 is 18.7 Å². The Labute approximate surface area is 243 Å². The summed E-state index contributed by atoms with van der Waals surface area (Å²) in [6, 6.07) is 10.8. The highest BCUT2D eigenvalue weighted by Gasteiger charge is 2.37. The lowest BCUT2D eigenvalue weighted by Gasteiger charge is -2.28. The maximum Gasteiger partial charge on any atom is 0.393 e. The molecule has 0 spiro atoms. The molecule has 1 aromatic carbocycles. The molecule has 218 valence electrons.